The average Bonchev–Trinajstić information content (AvgIpc) is 3.92. The molecule has 3 aromatic carbocycles. The van der Waals surface area contributed by atoms with Gasteiger partial charge in [-0.15, -0.1) is 0 Å². The Hall–Kier alpha value is -5.61. The monoisotopic (exact) mass is 905 g/mol. The van der Waals surface area contributed by atoms with Gasteiger partial charge in [0.25, 0.3) is 21.6 Å². The highest BCUT2D eigenvalue weighted by atomic mass is 35.5. The molecule has 14 nitrogen and oxygen atoms in total. The Balaban J connectivity index is 0.970. The Bertz CT molecular complexity index is 2870. The van der Waals surface area contributed by atoms with E-state index in [0.717, 1.165) is 80.9 Å². The number of ether oxygens (including phenoxy) is 1. The first kappa shape index (κ1) is 43.6. The van der Waals surface area contributed by atoms with Gasteiger partial charge in [0, 0.05) is 70.8 Å². The maximum Gasteiger partial charge on any atom is 0.298 e. The van der Waals surface area contributed by atoms with E-state index in [0.29, 0.717) is 46.6 Å². The molecule has 0 spiro atoms. The second kappa shape index (κ2) is 17.8. The van der Waals surface area contributed by atoms with Gasteiger partial charge in [0.1, 0.15) is 11.2 Å². The second-order valence-electron chi connectivity index (χ2n) is 18.3. The number of aromatic amines is 1. The number of nitrogens with zero attached hydrogens (tertiary/aromatic N) is 6. The quantitative estimate of drug-likeness (QED) is 0.102. The van der Waals surface area contributed by atoms with Crippen LogP contribution in [0.1, 0.15) is 74.7 Å². The smallest absolute Gasteiger partial charge is 0.298 e. The van der Waals surface area contributed by atoms with Crippen molar-refractivity contribution in [2.45, 2.75) is 69.8 Å². The van der Waals surface area contributed by atoms with E-state index in [1.165, 1.54) is 42.0 Å². The van der Waals surface area contributed by atoms with E-state index in [4.69, 9.17) is 21.3 Å². The van der Waals surface area contributed by atoms with Crippen molar-refractivity contribution in [1.29, 1.82) is 0 Å². The number of amides is 1. The van der Waals surface area contributed by atoms with Crippen LogP contribution in [0.4, 0.5) is 11.4 Å². The zero-order valence-electron chi connectivity index (χ0n) is 36.4. The maximum absolute atomic E-state index is 14.3. The highest BCUT2D eigenvalue weighted by Crippen LogP contribution is 2.43. The van der Waals surface area contributed by atoms with Gasteiger partial charge in [0.2, 0.25) is 0 Å². The van der Waals surface area contributed by atoms with E-state index in [1.807, 2.05) is 36.4 Å². The summed E-state index contributed by atoms with van der Waals surface area (Å²) in [5, 5.41) is 16.1. The number of H-pyrrole nitrogens is 1. The van der Waals surface area contributed by atoms with Crippen molar-refractivity contribution in [3.8, 4) is 11.4 Å². The molecule has 334 valence electrons. The first-order chi connectivity index (χ1) is 30.7. The standard InChI is InChI=1S/C48H53ClN8O6S/c1-48(2)18-16-34(40(27-48)32-6-8-35(49)9-7-32)29-55-20-22-56(23-21-55)36-10-14-39(42(25-36)57-43-24-33-17-19-50-46(33)52-41(43)28-51-57)47(59)53-64(61,62)38-13-15-45(44(26-38)54(3)60)63-30-31-4-11-37(58)12-5-31/h6-10,13-15,17,19,24-26,28,31,37,58H,4-5,11-12,16,18,20-23,27,29-30H2,1-3H3,(H-,50,51,52,53,59)/p+1/t31-,37-. The van der Waals surface area contributed by atoms with Gasteiger partial charge >= 0.3 is 0 Å². The van der Waals surface area contributed by atoms with Gasteiger partial charge in [0.15, 0.2) is 12.8 Å². The van der Waals surface area contributed by atoms with Gasteiger partial charge in [-0.1, -0.05) is 43.2 Å². The van der Waals surface area contributed by atoms with Crippen molar-refractivity contribution < 1.29 is 27.8 Å². The Morgan fingerprint density at radius 3 is 2.52 bits per heavy atom. The molecule has 1 saturated carbocycles. The maximum atomic E-state index is 14.3. The minimum Gasteiger partial charge on any atom is -0.487 e. The second-order valence-corrected chi connectivity index (χ2v) is 20.4. The number of carbonyl (C=O) groups is 1. The van der Waals surface area contributed by atoms with Crippen molar-refractivity contribution in [1.82, 2.24) is 29.4 Å². The van der Waals surface area contributed by atoms with Gasteiger partial charge in [-0.25, -0.2) is 22.8 Å². The predicted molar refractivity (Wildman–Crippen MR) is 249 cm³/mol. The van der Waals surface area contributed by atoms with Gasteiger partial charge in [-0.05, 0) is 122 Å². The number of aromatic nitrogens is 4. The molecule has 16 heteroatoms. The lowest BCUT2D eigenvalue weighted by molar-refractivity contribution is -0.429. The summed E-state index contributed by atoms with van der Waals surface area (Å²) in [5.41, 5.74) is 7.69. The molecular weight excluding hydrogens is 852 g/mol. The molecule has 2 fully saturated rings. The number of piperazine rings is 1. The molecule has 4 heterocycles. The zero-order chi connectivity index (χ0) is 44.8. The third kappa shape index (κ3) is 9.30. The fourth-order valence-corrected chi connectivity index (χ4v) is 10.5. The minimum absolute atomic E-state index is 0.0179. The summed E-state index contributed by atoms with van der Waals surface area (Å²) in [6.07, 6.45) is 9.33. The number of halogens is 1. The third-order valence-corrected chi connectivity index (χ3v) is 14.7. The zero-order valence-corrected chi connectivity index (χ0v) is 38.0. The molecule has 64 heavy (non-hydrogen) atoms. The Kier molecular flexibility index (Phi) is 12.1. The number of hydrogen-bond acceptors (Lipinski definition) is 10. The SMILES string of the molecule is C[N+](=O)c1cc(S(=O)(=O)NC(=O)c2ccc(N3CCN(CC4=C(c5ccc(Cl)cc5)CC(C)(C)CC4)CC3)cc2-n2ncc3nc4[nH]ccc4cc32)ccc1OC[C@H]1CC[C@H](O)CC1. The van der Waals surface area contributed by atoms with Crippen LogP contribution < -0.4 is 14.4 Å². The van der Waals surface area contributed by atoms with E-state index < -0.39 is 15.9 Å². The van der Waals surface area contributed by atoms with Crippen molar-refractivity contribution >= 4 is 66.5 Å². The summed E-state index contributed by atoms with van der Waals surface area (Å²) < 4.78 is 38.3. The van der Waals surface area contributed by atoms with E-state index in [9.17, 15) is 23.2 Å². The predicted octanol–water partition coefficient (Wildman–Crippen LogP) is 8.43. The van der Waals surface area contributed by atoms with E-state index in [1.54, 1.807) is 23.1 Å². The summed E-state index contributed by atoms with van der Waals surface area (Å²) >= 11 is 6.26. The number of aliphatic hydroxyl groups excluding tert-OH is 1. The van der Waals surface area contributed by atoms with Crippen LogP contribution in [0.2, 0.25) is 5.02 Å². The summed E-state index contributed by atoms with van der Waals surface area (Å²) in [7, 11) is -3.21. The van der Waals surface area contributed by atoms with Crippen LogP contribution >= 0.6 is 11.6 Å². The molecule has 0 radical (unpaired) electrons. The van der Waals surface area contributed by atoms with Gasteiger partial charge in [-0.2, -0.15) is 5.10 Å². The average molecular weight is 907 g/mol. The van der Waals surface area contributed by atoms with Gasteiger partial charge in [0.05, 0.1) is 40.6 Å². The largest absolute Gasteiger partial charge is 0.487 e. The molecular formula is C48H54ClN8O6S+. The van der Waals surface area contributed by atoms with Crippen molar-refractivity contribution in [3.63, 3.8) is 0 Å². The van der Waals surface area contributed by atoms with Crippen LogP contribution in [-0.4, -0.2) is 101 Å². The fraction of sp³-hybridized carbons (Fsp3) is 0.396. The van der Waals surface area contributed by atoms with Crippen LogP contribution in [0, 0.1) is 16.2 Å². The van der Waals surface area contributed by atoms with Crippen LogP contribution in [0.15, 0.2) is 95.7 Å². The lowest BCUT2D eigenvalue weighted by Gasteiger charge is -2.39. The number of nitroso groups, excluding NO2 is 1. The number of nitrogens with one attached hydrogen (secondary N) is 2. The lowest BCUT2D eigenvalue weighted by Crippen LogP contribution is -2.47. The van der Waals surface area contributed by atoms with Crippen LogP contribution in [-0.2, 0) is 10.0 Å². The Labute approximate surface area is 377 Å². The molecule has 0 unspecified atom stereocenters. The number of sulfonamides is 1. The number of pyridine rings is 1. The number of fused-ring (bicyclic) bond motifs is 2. The number of carbonyl (C=O) groups excluding carboxylic acids is 1. The molecule has 1 saturated heterocycles. The minimum atomic E-state index is -4.47. The fourth-order valence-electron chi connectivity index (χ4n) is 9.39. The Morgan fingerprint density at radius 2 is 1.77 bits per heavy atom. The molecule has 3 aromatic heterocycles. The molecule has 3 N–H and O–H groups in total. The first-order valence-electron chi connectivity index (χ1n) is 22.0. The molecule has 1 amide bonds. The van der Waals surface area contributed by atoms with Crippen LogP contribution in [0.3, 0.4) is 0 Å². The molecule has 2 aliphatic carbocycles. The normalized spacial score (nSPS) is 19.6. The van der Waals surface area contributed by atoms with Crippen molar-refractivity contribution in [2.75, 3.05) is 51.3 Å². The summed E-state index contributed by atoms with van der Waals surface area (Å²) in [5.74, 6) is -0.408. The highest BCUT2D eigenvalue weighted by molar-refractivity contribution is 7.90. The van der Waals surface area contributed by atoms with Crippen LogP contribution in [0.5, 0.6) is 5.75 Å². The van der Waals surface area contributed by atoms with Gasteiger partial charge < -0.3 is 19.7 Å². The molecule has 6 aromatic rings. The number of allylic oxidation sites excluding steroid dienone is 1. The van der Waals surface area contributed by atoms with Crippen LogP contribution in [0.25, 0.3) is 33.3 Å². The topological polar surface area (TPSA) is 166 Å². The third-order valence-electron chi connectivity index (χ3n) is 13.1. The number of anilines is 1. The molecule has 9 rings (SSSR count). The Morgan fingerprint density at radius 1 is 1.00 bits per heavy atom. The van der Waals surface area contributed by atoms with E-state index >= 15 is 0 Å². The van der Waals surface area contributed by atoms with E-state index in [-0.39, 0.29) is 39.3 Å². The summed E-state index contributed by atoms with van der Waals surface area (Å²) in [6, 6.07) is 21.4. The number of aliphatic hydroxyl groups is 1. The van der Waals surface area contributed by atoms with Crippen molar-refractivity contribution in [2.24, 2.45) is 11.3 Å². The lowest BCUT2D eigenvalue weighted by atomic mass is 9.72. The molecule has 3 aliphatic rings. The number of benzene rings is 3. The summed E-state index contributed by atoms with van der Waals surface area (Å²) in [4.78, 5) is 39.3. The molecule has 1 aliphatic heterocycles. The van der Waals surface area contributed by atoms with E-state index in [2.05, 4.69) is 50.6 Å². The number of rotatable bonds is 12. The number of hydrogen-bond donors (Lipinski definition) is 3. The van der Waals surface area contributed by atoms with Crippen molar-refractivity contribution in [3.05, 3.63) is 112 Å². The summed E-state index contributed by atoms with van der Waals surface area (Å²) in [6.45, 7) is 9.10. The first-order valence-corrected chi connectivity index (χ1v) is 23.9. The van der Waals surface area contributed by atoms with Gasteiger partial charge in [-0.3, -0.25) is 9.69 Å². The molecule has 0 atom stereocenters. The molecule has 0 bridgehead atoms. The highest BCUT2D eigenvalue weighted by Gasteiger charge is 2.31.